The van der Waals surface area contributed by atoms with Crippen LogP contribution < -0.4 is 14.8 Å². The zero-order valence-electron chi connectivity index (χ0n) is 17.1. The molecule has 0 unspecified atom stereocenters. The first-order valence-electron chi connectivity index (χ1n) is 9.75. The lowest BCUT2D eigenvalue weighted by Gasteiger charge is -2.16. The SMILES string of the molecule is Cc1cc(NC(=O)C(=O)O)cc(C)c1Oc1ccc(O)c(S(=O)(=O)NC2CCCC2)c1. The molecule has 0 heterocycles. The second kappa shape index (κ2) is 8.94. The van der Waals surface area contributed by atoms with Crippen LogP contribution in [0.3, 0.4) is 0 Å². The van der Waals surface area contributed by atoms with Gasteiger partial charge in [0.25, 0.3) is 0 Å². The molecule has 2 aromatic rings. The first-order valence-corrected chi connectivity index (χ1v) is 11.2. The van der Waals surface area contributed by atoms with Gasteiger partial charge in [-0.2, -0.15) is 0 Å². The summed E-state index contributed by atoms with van der Waals surface area (Å²) in [5, 5.41) is 21.1. The number of carboxylic acid groups (broad SMARTS) is 1. The van der Waals surface area contributed by atoms with Crippen molar-refractivity contribution in [3.8, 4) is 17.2 Å². The number of rotatable bonds is 6. The number of hydrogen-bond acceptors (Lipinski definition) is 6. The third-order valence-electron chi connectivity index (χ3n) is 5.03. The summed E-state index contributed by atoms with van der Waals surface area (Å²) in [7, 11) is -3.92. The lowest BCUT2D eigenvalue weighted by atomic mass is 10.1. The van der Waals surface area contributed by atoms with E-state index in [9.17, 15) is 23.1 Å². The largest absolute Gasteiger partial charge is 0.507 e. The number of aryl methyl sites for hydroxylation is 2. The zero-order valence-corrected chi connectivity index (χ0v) is 18.0. The van der Waals surface area contributed by atoms with E-state index in [0.717, 1.165) is 25.7 Å². The molecular weight excluding hydrogens is 424 g/mol. The minimum atomic E-state index is -3.92. The number of amides is 1. The Kier molecular flexibility index (Phi) is 6.51. The number of phenolic OH excluding ortho intramolecular Hbond substituents is 1. The van der Waals surface area contributed by atoms with Crippen molar-refractivity contribution in [2.75, 3.05) is 5.32 Å². The number of benzene rings is 2. The Balaban J connectivity index is 1.85. The van der Waals surface area contributed by atoms with E-state index < -0.39 is 21.9 Å². The number of ether oxygens (including phenoxy) is 1. The first-order chi connectivity index (χ1) is 14.6. The summed E-state index contributed by atoms with van der Waals surface area (Å²) in [6.07, 6.45) is 3.45. The highest BCUT2D eigenvalue weighted by atomic mass is 32.2. The first kappa shape index (κ1) is 22.6. The second-order valence-corrected chi connectivity index (χ2v) is 9.22. The maximum absolute atomic E-state index is 12.7. The van der Waals surface area contributed by atoms with E-state index in [1.165, 1.54) is 18.2 Å². The van der Waals surface area contributed by atoms with Gasteiger partial charge in [-0.1, -0.05) is 12.8 Å². The quantitative estimate of drug-likeness (QED) is 0.498. The summed E-state index contributed by atoms with van der Waals surface area (Å²) >= 11 is 0. The van der Waals surface area contributed by atoms with Crippen molar-refractivity contribution in [2.45, 2.75) is 50.5 Å². The summed E-state index contributed by atoms with van der Waals surface area (Å²) < 4.78 is 34.0. The van der Waals surface area contributed by atoms with E-state index in [1.807, 2.05) is 0 Å². The maximum atomic E-state index is 12.7. The molecule has 3 rings (SSSR count). The predicted octanol–water partition coefficient (Wildman–Crippen LogP) is 3.05. The fraction of sp³-hybridized carbons (Fsp3) is 0.333. The Morgan fingerprint density at radius 2 is 1.68 bits per heavy atom. The summed E-state index contributed by atoms with van der Waals surface area (Å²) in [5.41, 5.74) is 1.49. The minimum absolute atomic E-state index is 0.146. The third-order valence-corrected chi connectivity index (χ3v) is 6.58. The highest BCUT2D eigenvalue weighted by Gasteiger charge is 2.26. The number of anilines is 1. The molecule has 166 valence electrons. The van der Waals surface area contributed by atoms with Crippen LogP contribution in [0.25, 0.3) is 0 Å². The van der Waals surface area contributed by atoms with Crippen LogP contribution in [0.2, 0.25) is 0 Å². The number of carboxylic acids is 1. The molecule has 9 nitrogen and oxygen atoms in total. The number of carbonyl (C=O) groups is 2. The van der Waals surface area contributed by atoms with Crippen LogP contribution in [0.5, 0.6) is 17.2 Å². The number of carbonyl (C=O) groups excluding carboxylic acids is 1. The van der Waals surface area contributed by atoms with Crippen LogP contribution in [0, 0.1) is 13.8 Å². The highest BCUT2D eigenvalue weighted by Crippen LogP contribution is 2.35. The van der Waals surface area contributed by atoms with Gasteiger partial charge in [0.2, 0.25) is 10.0 Å². The summed E-state index contributed by atoms with van der Waals surface area (Å²) in [6.45, 7) is 3.41. The zero-order chi connectivity index (χ0) is 22.8. The van der Waals surface area contributed by atoms with Crippen LogP contribution in [-0.4, -0.2) is 36.5 Å². The average Bonchev–Trinajstić information content (AvgIpc) is 3.18. The molecule has 1 aliphatic rings. The van der Waals surface area contributed by atoms with Gasteiger partial charge in [-0.25, -0.2) is 17.9 Å². The molecule has 0 radical (unpaired) electrons. The molecular formula is C21H24N2O7S. The summed E-state index contributed by atoms with van der Waals surface area (Å²) in [6, 6.07) is 6.90. The maximum Gasteiger partial charge on any atom is 0.394 e. The van der Waals surface area contributed by atoms with Gasteiger partial charge in [0, 0.05) is 17.8 Å². The van der Waals surface area contributed by atoms with Gasteiger partial charge in [-0.3, -0.25) is 4.79 Å². The van der Waals surface area contributed by atoms with Gasteiger partial charge in [0.15, 0.2) is 0 Å². The molecule has 0 aliphatic heterocycles. The Labute approximate surface area is 180 Å². The standard InChI is InChI=1S/C21H24N2O7S/c1-12-9-15(22-20(25)21(26)27)10-13(2)19(12)30-16-7-8-17(24)18(11-16)31(28,29)23-14-5-3-4-6-14/h7-11,14,23-24H,3-6H2,1-2H3,(H,22,25)(H,26,27). The van der Waals surface area contributed by atoms with Crippen LogP contribution in [0.4, 0.5) is 5.69 Å². The number of sulfonamides is 1. The molecule has 0 atom stereocenters. The van der Waals surface area contributed by atoms with E-state index in [4.69, 9.17) is 9.84 Å². The topological polar surface area (TPSA) is 142 Å². The molecule has 1 fully saturated rings. The monoisotopic (exact) mass is 448 g/mol. The van der Waals surface area contributed by atoms with E-state index in [0.29, 0.717) is 22.6 Å². The summed E-state index contributed by atoms with van der Waals surface area (Å²) in [4.78, 5) is 21.8. The third kappa shape index (κ3) is 5.33. The van der Waals surface area contributed by atoms with Gasteiger partial charge in [-0.05, 0) is 62.1 Å². The molecule has 0 spiro atoms. The van der Waals surface area contributed by atoms with Crippen molar-refractivity contribution in [3.63, 3.8) is 0 Å². The molecule has 31 heavy (non-hydrogen) atoms. The Bertz CT molecular complexity index is 1100. The smallest absolute Gasteiger partial charge is 0.394 e. The van der Waals surface area contributed by atoms with Crippen LogP contribution in [0.1, 0.15) is 36.8 Å². The normalized spacial score (nSPS) is 14.4. The van der Waals surface area contributed by atoms with Gasteiger partial charge < -0.3 is 20.3 Å². The van der Waals surface area contributed by atoms with Gasteiger partial charge in [0.05, 0.1) is 0 Å². The molecule has 10 heteroatoms. The average molecular weight is 448 g/mol. The van der Waals surface area contributed by atoms with E-state index in [2.05, 4.69) is 10.0 Å². The minimum Gasteiger partial charge on any atom is -0.507 e. The van der Waals surface area contributed by atoms with Crippen molar-refractivity contribution in [1.82, 2.24) is 4.72 Å². The lowest BCUT2D eigenvalue weighted by molar-refractivity contribution is -0.147. The van der Waals surface area contributed by atoms with E-state index in [-0.39, 0.29) is 22.4 Å². The molecule has 1 amide bonds. The Morgan fingerprint density at radius 3 is 2.26 bits per heavy atom. The van der Waals surface area contributed by atoms with Gasteiger partial charge >= 0.3 is 11.9 Å². The Morgan fingerprint density at radius 1 is 1.06 bits per heavy atom. The molecule has 0 saturated heterocycles. The predicted molar refractivity (Wildman–Crippen MR) is 113 cm³/mol. The van der Waals surface area contributed by atoms with Crippen LogP contribution in [0.15, 0.2) is 35.2 Å². The summed E-state index contributed by atoms with van der Waals surface area (Å²) in [5.74, 6) is -2.50. The molecule has 1 saturated carbocycles. The Hall–Kier alpha value is -3.11. The fourth-order valence-corrected chi connectivity index (χ4v) is 5.00. The highest BCUT2D eigenvalue weighted by molar-refractivity contribution is 7.89. The van der Waals surface area contributed by atoms with Crippen molar-refractivity contribution in [3.05, 3.63) is 41.5 Å². The number of aliphatic carboxylic acids is 1. The van der Waals surface area contributed by atoms with Crippen LogP contribution in [-0.2, 0) is 19.6 Å². The second-order valence-electron chi connectivity index (χ2n) is 7.53. The molecule has 0 bridgehead atoms. The fourth-order valence-electron chi connectivity index (χ4n) is 3.59. The molecule has 4 N–H and O–H groups in total. The lowest BCUT2D eigenvalue weighted by Crippen LogP contribution is -2.32. The van der Waals surface area contributed by atoms with Gasteiger partial charge in [-0.15, -0.1) is 0 Å². The van der Waals surface area contributed by atoms with E-state index in [1.54, 1.807) is 26.0 Å². The molecule has 1 aliphatic carbocycles. The van der Waals surface area contributed by atoms with Crippen molar-refractivity contribution >= 4 is 27.6 Å². The van der Waals surface area contributed by atoms with Crippen molar-refractivity contribution in [1.29, 1.82) is 0 Å². The number of aromatic hydroxyl groups is 1. The number of phenols is 1. The van der Waals surface area contributed by atoms with Crippen molar-refractivity contribution < 1.29 is 33.0 Å². The van der Waals surface area contributed by atoms with Crippen molar-refractivity contribution in [2.24, 2.45) is 0 Å². The molecule has 0 aromatic heterocycles. The van der Waals surface area contributed by atoms with E-state index >= 15 is 0 Å². The number of nitrogens with one attached hydrogen (secondary N) is 2. The van der Waals surface area contributed by atoms with Crippen LogP contribution >= 0.6 is 0 Å². The number of hydrogen-bond donors (Lipinski definition) is 4. The van der Waals surface area contributed by atoms with Gasteiger partial charge in [0.1, 0.15) is 22.1 Å². The molecule has 2 aromatic carbocycles.